The van der Waals surface area contributed by atoms with E-state index in [2.05, 4.69) is 45.1 Å². The molecule has 1 heterocycles. The second-order valence-electron chi connectivity index (χ2n) is 6.29. The van der Waals surface area contributed by atoms with Crippen molar-refractivity contribution >= 4 is 11.0 Å². The fourth-order valence-corrected chi connectivity index (χ4v) is 2.61. The molecule has 1 aromatic heterocycles. The molecule has 0 aliphatic carbocycles. The first-order valence-electron chi connectivity index (χ1n) is 7.83. The van der Waals surface area contributed by atoms with Crippen molar-refractivity contribution in [2.24, 2.45) is 5.92 Å². The Kier molecular flexibility index (Phi) is 5.29. The molecular weight excluding hydrogens is 262 g/mol. The predicted molar refractivity (Wildman–Crippen MR) is 87.9 cm³/mol. The number of ether oxygens (including phenoxy) is 1. The van der Waals surface area contributed by atoms with Gasteiger partial charge in [-0.3, -0.25) is 0 Å². The van der Waals surface area contributed by atoms with E-state index in [0.29, 0.717) is 6.04 Å². The Morgan fingerprint density at radius 2 is 1.90 bits per heavy atom. The zero-order valence-electron chi connectivity index (χ0n) is 13.8. The van der Waals surface area contributed by atoms with E-state index in [1.807, 2.05) is 12.1 Å². The van der Waals surface area contributed by atoms with Crippen LogP contribution in [0.1, 0.15) is 52.3 Å². The molecule has 0 aliphatic rings. The smallest absolute Gasteiger partial charge is 0.176 e. The first-order valence-corrected chi connectivity index (χ1v) is 7.83. The van der Waals surface area contributed by atoms with E-state index in [1.165, 1.54) is 12.8 Å². The largest absolute Gasteiger partial charge is 0.493 e. The van der Waals surface area contributed by atoms with E-state index in [1.54, 1.807) is 7.11 Å². The minimum absolute atomic E-state index is 0.198. The van der Waals surface area contributed by atoms with Gasteiger partial charge in [-0.1, -0.05) is 26.0 Å². The SMILES string of the molecule is COc1cccc2cc(C(C)NC(C)CCC(C)C)oc12. The van der Waals surface area contributed by atoms with Crippen molar-refractivity contribution in [3.8, 4) is 5.75 Å². The molecule has 116 valence electrons. The van der Waals surface area contributed by atoms with Crippen molar-refractivity contribution in [2.75, 3.05) is 7.11 Å². The summed E-state index contributed by atoms with van der Waals surface area (Å²) in [6.45, 7) is 8.92. The lowest BCUT2D eigenvalue weighted by molar-refractivity contribution is 0.373. The lowest BCUT2D eigenvalue weighted by Gasteiger charge is -2.19. The molecule has 0 bridgehead atoms. The summed E-state index contributed by atoms with van der Waals surface area (Å²) in [5.41, 5.74) is 0.832. The van der Waals surface area contributed by atoms with Crippen LogP contribution < -0.4 is 10.1 Å². The molecule has 2 rings (SSSR count). The second kappa shape index (κ2) is 6.99. The molecule has 21 heavy (non-hydrogen) atoms. The summed E-state index contributed by atoms with van der Waals surface area (Å²) in [4.78, 5) is 0. The predicted octanol–water partition coefficient (Wildman–Crippen LogP) is 4.92. The molecule has 0 spiro atoms. The lowest BCUT2D eigenvalue weighted by atomic mass is 10.0. The van der Waals surface area contributed by atoms with Crippen LogP contribution in [0.5, 0.6) is 5.75 Å². The summed E-state index contributed by atoms with van der Waals surface area (Å²) in [7, 11) is 1.67. The molecule has 0 saturated heterocycles. The number of methoxy groups -OCH3 is 1. The van der Waals surface area contributed by atoms with Crippen molar-refractivity contribution in [3.05, 3.63) is 30.0 Å². The van der Waals surface area contributed by atoms with E-state index < -0.39 is 0 Å². The van der Waals surface area contributed by atoms with Crippen LogP contribution in [0.3, 0.4) is 0 Å². The summed E-state index contributed by atoms with van der Waals surface area (Å²) in [6, 6.07) is 8.76. The molecule has 2 unspecified atom stereocenters. The van der Waals surface area contributed by atoms with Crippen molar-refractivity contribution in [1.82, 2.24) is 5.32 Å². The zero-order valence-corrected chi connectivity index (χ0v) is 13.8. The highest BCUT2D eigenvalue weighted by atomic mass is 16.5. The van der Waals surface area contributed by atoms with Crippen molar-refractivity contribution < 1.29 is 9.15 Å². The maximum absolute atomic E-state index is 5.99. The van der Waals surface area contributed by atoms with Gasteiger partial charge in [0.1, 0.15) is 5.76 Å². The molecular formula is C18H27NO2. The van der Waals surface area contributed by atoms with Gasteiger partial charge in [0, 0.05) is 11.4 Å². The average molecular weight is 289 g/mol. The normalized spacial score (nSPS) is 14.6. The van der Waals surface area contributed by atoms with E-state index >= 15 is 0 Å². The Balaban J connectivity index is 2.07. The Hall–Kier alpha value is -1.48. The third kappa shape index (κ3) is 4.01. The maximum Gasteiger partial charge on any atom is 0.176 e. The van der Waals surface area contributed by atoms with Gasteiger partial charge < -0.3 is 14.5 Å². The summed E-state index contributed by atoms with van der Waals surface area (Å²) in [5.74, 6) is 2.50. The highest BCUT2D eigenvalue weighted by Crippen LogP contribution is 2.31. The summed E-state index contributed by atoms with van der Waals surface area (Å²) >= 11 is 0. The van der Waals surface area contributed by atoms with E-state index in [-0.39, 0.29) is 6.04 Å². The minimum atomic E-state index is 0.198. The lowest BCUT2D eigenvalue weighted by Crippen LogP contribution is -2.28. The number of nitrogens with one attached hydrogen (secondary N) is 1. The van der Waals surface area contributed by atoms with Gasteiger partial charge in [-0.25, -0.2) is 0 Å². The molecule has 0 amide bonds. The molecule has 0 fully saturated rings. The molecule has 2 aromatic rings. The van der Waals surface area contributed by atoms with Crippen LogP contribution in [0.2, 0.25) is 0 Å². The van der Waals surface area contributed by atoms with Gasteiger partial charge in [-0.2, -0.15) is 0 Å². The van der Waals surface area contributed by atoms with Crippen LogP contribution in [0.4, 0.5) is 0 Å². The van der Waals surface area contributed by atoms with Gasteiger partial charge in [0.25, 0.3) is 0 Å². The van der Waals surface area contributed by atoms with Crippen LogP contribution in [-0.4, -0.2) is 13.2 Å². The van der Waals surface area contributed by atoms with Crippen molar-refractivity contribution in [1.29, 1.82) is 0 Å². The molecule has 3 nitrogen and oxygen atoms in total. The molecule has 3 heteroatoms. The van der Waals surface area contributed by atoms with Crippen LogP contribution >= 0.6 is 0 Å². The fourth-order valence-electron chi connectivity index (χ4n) is 2.61. The van der Waals surface area contributed by atoms with Crippen molar-refractivity contribution in [3.63, 3.8) is 0 Å². The summed E-state index contributed by atoms with van der Waals surface area (Å²) in [6.07, 6.45) is 2.43. The number of benzene rings is 1. The number of fused-ring (bicyclic) bond motifs is 1. The standard InChI is InChI=1S/C18H27NO2/c1-12(2)9-10-13(3)19-14(4)17-11-15-7-6-8-16(20-5)18(15)21-17/h6-8,11-14,19H,9-10H2,1-5H3. The van der Waals surface area contributed by atoms with Gasteiger partial charge in [-0.15, -0.1) is 0 Å². The molecule has 0 saturated carbocycles. The third-order valence-corrected chi connectivity index (χ3v) is 3.89. The number of para-hydroxylation sites is 1. The van der Waals surface area contributed by atoms with Gasteiger partial charge in [0.2, 0.25) is 0 Å². The summed E-state index contributed by atoms with van der Waals surface area (Å²) in [5, 5.41) is 4.71. The Morgan fingerprint density at radius 3 is 2.57 bits per heavy atom. The van der Waals surface area contributed by atoms with E-state index in [4.69, 9.17) is 9.15 Å². The van der Waals surface area contributed by atoms with Gasteiger partial charge in [0.15, 0.2) is 11.3 Å². The van der Waals surface area contributed by atoms with Crippen LogP contribution in [0, 0.1) is 5.92 Å². The van der Waals surface area contributed by atoms with Crippen LogP contribution in [0.15, 0.2) is 28.7 Å². The number of furan rings is 1. The third-order valence-electron chi connectivity index (χ3n) is 3.89. The fraction of sp³-hybridized carbons (Fsp3) is 0.556. The first-order chi connectivity index (χ1) is 10.0. The monoisotopic (exact) mass is 289 g/mol. The van der Waals surface area contributed by atoms with E-state index in [9.17, 15) is 0 Å². The highest BCUT2D eigenvalue weighted by molar-refractivity contribution is 5.83. The van der Waals surface area contributed by atoms with Crippen LogP contribution in [0.25, 0.3) is 11.0 Å². The Labute approximate surface area is 127 Å². The Bertz CT molecular complexity index is 574. The average Bonchev–Trinajstić information content (AvgIpc) is 2.89. The molecule has 0 radical (unpaired) electrons. The summed E-state index contributed by atoms with van der Waals surface area (Å²) < 4.78 is 11.3. The van der Waals surface area contributed by atoms with Crippen molar-refractivity contribution in [2.45, 2.75) is 52.6 Å². The van der Waals surface area contributed by atoms with Gasteiger partial charge in [-0.05, 0) is 44.7 Å². The second-order valence-corrected chi connectivity index (χ2v) is 6.29. The Morgan fingerprint density at radius 1 is 1.14 bits per heavy atom. The molecule has 2 atom stereocenters. The van der Waals surface area contributed by atoms with Crippen LogP contribution in [-0.2, 0) is 0 Å². The zero-order chi connectivity index (χ0) is 15.4. The molecule has 1 N–H and O–H groups in total. The number of hydrogen-bond acceptors (Lipinski definition) is 3. The molecule has 0 aliphatic heterocycles. The number of rotatable bonds is 7. The quantitative estimate of drug-likeness (QED) is 0.786. The molecule has 1 aromatic carbocycles. The van der Waals surface area contributed by atoms with E-state index in [0.717, 1.165) is 28.4 Å². The number of hydrogen-bond donors (Lipinski definition) is 1. The van der Waals surface area contributed by atoms with Gasteiger partial charge in [0.05, 0.1) is 13.2 Å². The van der Waals surface area contributed by atoms with Gasteiger partial charge >= 0.3 is 0 Å². The maximum atomic E-state index is 5.99. The first kappa shape index (κ1) is 15.9. The highest BCUT2D eigenvalue weighted by Gasteiger charge is 2.16. The topological polar surface area (TPSA) is 34.4 Å². The minimum Gasteiger partial charge on any atom is -0.493 e.